The van der Waals surface area contributed by atoms with Crippen LogP contribution in [-0.4, -0.2) is 82.7 Å². The molecule has 2 aromatic heterocycles. The third kappa shape index (κ3) is 6.37. The second kappa shape index (κ2) is 10.2. The smallest absolute Gasteiger partial charge is 0.314 e. The summed E-state index contributed by atoms with van der Waals surface area (Å²) < 4.78 is 1.56. The first kappa shape index (κ1) is 23.9. The fraction of sp³-hybridized carbons (Fsp3) is 0.565. The van der Waals surface area contributed by atoms with Crippen LogP contribution in [0.1, 0.15) is 33.4 Å². The molecule has 3 rings (SSSR count). The highest BCUT2D eigenvalue weighted by Crippen LogP contribution is 2.25. The predicted octanol–water partition coefficient (Wildman–Crippen LogP) is 1.50. The standard InChI is InChI=1S/C23H35N7O2/c1-17(16-29-12-10-28(5)11-13-29)15-25-21(31)22(32)26-20-14-18(23(2,3)4)27-30(20)19-8-6-7-9-24-19/h6-9,14,17H,10-13,15-16H2,1-5H3,(H,25,31)(H,26,32). The van der Waals surface area contributed by atoms with E-state index in [4.69, 9.17) is 0 Å². The lowest BCUT2D eigenvalue weighted by Gasteiger charge is -2.33. The van der Waals surface area contributed by atoms with E-state index >= 15 is 0 Å². The van der Waals surface area contributed by atoms with Crippen molar-refractivity contribution in [3.63, 3.8) is 0 Å². The van der Waals surface area contributed by atoms with E-state index in [2.05, 4.69) is 44.5 Å². The number of carbonyl (C=O) groups excluding carboxylic acids is 2. The summed E-state index contributed by atoms with van der Waals surface area (Å²) in [5, 5.41) is 10.1. The number of nitrogens with zero attached hydrogens (tertiary/aromatic N) is 5. The number of hydrogen-bond donors (Lipinski definition) is 2. The van der Waals surface area contributed by atoms with Crippen molar-refractivity contribution in [2.75, 3.05) is 51.6 Å². The topological polar surface area (TPSA) is 95.4 Å². The Morgan fingerprint density at radius 2 is 1.84 bits per heavy atom. The largest absolute Gasteiger partial charge is 0.348 e. The van der Waals surface area contributed by atoms with Crippen molar-refractivity contribution in [2.24, 2.45) is 5.92 Å². The maximum Gasteiger partial charge on any atom is 0.314 e. The summed E-state index contributed by atoms with van der Waals surface area (Å²) in [5.41, 5.74) is 0.570. The van der Waals surface area contributed by atoms with Gasteiger partial charge in [-0.15, -0.1) is 0 Å². The number of pyridine rings is 1. The van der Waals surface area contributed by atoms with E-state index in [-0.39, 0.29) is 11.3 Å². The summed E-state index contributed by atoms with van der Waals surface area (Å²) in [7, 11) is 2.13. The molecule has 1 atom stereocenters. The third-order valence-corrected chi connectivity index (χ3v) is 5.57. The molecule has 0 aliphatic carbocycles. The van der Waals surface area contributed by atoms with Gasteiger partial charge in [-0.3, -0.25) is 9.59 Å². The molecule has 9 heteroatoms. The Labute approximate surface area is 190 Å². The number of carbonyl (C=O) groups is 2. The normalized spacial score (nSPS) is 16.5. The summed E-state index contributed by atoms with van der Waals surface area (Å²) in [6.45, 7) is 13.7. The molecule has 2 amide bonds. The van der Waals surface area contributed by atoms with Crippen LogP contribution in [-0.2, 0) is 15.0 Å². The molecular formula is C23H35N7O2. The van der Waals surface area contributed by atoms with Crippen molar-refractivity contribution in [1.82, 2.24) is 29.9 Å². The molecule has 0 saturated carbocycles. The lowest BCUT2D eigenvalue weighted by atomic mass is 9.92. The van der Waals surface area contributed by atoms with Gasteiger partial charge in [0.1, 0.15) is 5.82 Å². The summed E-state index contributed by atoms with van der Waals surface area (Å²) >= 11 is 0. The number of piperazine rings is 1. The first-order valence-electron chi connectivity index (χ1n) is 11.2. The van der Waals surface area contributed by atoms with Crippen LogP contribution >= 0.6 is 0 Å². The van der Waals surface area contributed by atoms with E-state index in [1.165, 1.54) is 0 Å². The van der Waals surface area contributed by atoms with Crippen LogP contribution in [0.15, 0.2) is 30.5 Å². The Balaban J connectivity index is 1.60. The van der Waals surface area contributed by atoms with Crippen LogP contribution in [0.4, 0.5) is 5.82 Å². The van der Waals surface area contributed by atoms with E-state index in [0.29, 0.717) is 18.2 Å². The average molecular weight is 442 g/mol. The highest BCUT2D eigenvalue weighted by atomic mass is 16.2. The van der Waals surface area contributed by atoms with Crippen molar-refractivity contribution in [3.8, 4) is 5.82 Å². The van der Waals surface area contributed by atoms with Gasteiger partial charge in [0.05, 0.1) is 5.69 Å². The number of aromatic nitrogens is 3. The van der Waals surface area contributed by atoms with Crippen molar-refractivity contribution in [3.05, 3.63) is 36.2 Å². The highest BCUT2D eigenvalue weighted by Gasteiger charge is 2.24. The van der Waals surface area contributed by atoms with Crippen LogP contribution in [0.25, 0.3) is 5.82 Å². The number of amides is 2. The van der Waals surface area contributed by atoms with Crippen LogP contribution in [0.5, 0.6) is 0 Å². The van der Waals surface area contributed by atoms with Gasteiger partial charge in [-0.05, 0) is 25.1 Å². The summed E-state index contributed by atoms with van der Waals surface area (Å²) in [6, 6.07) is 7.25. The van der Waals surface area contributed by atoms with Crippen molar-refractivity contribution in [2.45, 2.75) is 33.1 Å². The molecule has 174 valence electrons. The molecule has 0 spiro atoms. The minimum atomic E-state index is -0.714. The molecule has 2 N–H and O–H groups in total. The van der Waals surface area contributed by atoms with E-state index in [0.717, 1.165) is 38.4 Å². The van der Waals surface area contributed by atoms with Gasteiger partial charge in [-0.25, -0.2) is 4.98 Å². The Morgan fingerprint density at radius 3 is 2.47 bits per heavy atom. The fourth-order valence-electron chi connectivity index (χ4n) is 3.55. The molecule has 9 nitrogen and oxygen atoms in total. The van der Waals surface area contributed by atoms with Gasteiger partial charge in [0, 0.05) is 56.9 Å². The number of likely N-dealkylation sites (N-methyl/N-ethyl adjacent to an activating group) is 1. The number of hydrogen-bond acceptors (Lipinski definition) is 6. The van der Waals surface area contributed by atoms with E-state index in [1.807, 2.05) is 32.9 Å². The fourth-order valence-corrected chi connectivity index (χ4v) is 3.55. The highest BCUT2D eigenvalue weighted by molar-refractivity contribution is 6.39. The Morgan fingerprint density at radius 1 is 1.12 bits per heavy atom. The molecule has 0 bridgehead atoms. The van der Waals surface area contributed by atoms with E-state index in [9.17, 15) is 9.59 Å². The lowest BCUT2D eigenvalue weighted by Crippen LogP contribution is -2.47. The zero-order chi connectivity index (χ0) is 23.3. The Kier molecular flexibility index (Phi) is 7.63. The molecule has 1 saturated heterocycles. The van der Waals surface area contributed by atoms with Gasteiger partial charge in [0.15, 0.2) is 5.82 Å². The first-order valence-corrected chi connectivity index (χ1v) is 11.2. The van der Waals surface area contributed by atoms with E-state index in [1.54, 1.807) is 23.0 Å². The number of rotatable bonds is 6. The summed E-state index contributed by atoms with van der Waals surface area (Å²) in [5.74, 6) is -0.129. The number of anilines is 1. The minimum Gasteiger partial charge on any atom is -0.348 e. The van der Waals surface area contributed by atoms with Gasteiger partial charge in [0.25, 0.3) is 0 Å². The predicted molar refractivity (Wildman–Crippen MR) is 125 cm³/mol. The first-order chi connectivity index (χ1) is 15.1. The molecule has 1 fully saturated rings. The van der Waals surface area contributed by atoms with Crippen LogP contribution in [0, 0.1) is 5.92 Å². The van der Waals surface area contributed by atoms with Crippen molar-refractivity contribution < 1.29 is 9.59 Å². The maximum atomic E-state index is 12.6. The average Bonchev–Trinajstić information content (AvgIpc) is 3.18. The summed E-state index contributed by atoms with van der Waals surface area (Å²) in [6.07, 6.45) is 1.66. The van der Waals surface area contributed by atoms with Crippen LogP contribution in [0.3, 0.4) is 0 Å². The SMILES string of the molecule is CC(CNC(=O)C(=O)Nc1cc(C(C)(C)C)nn1-c1ccccn1)CN1CCN(C)CC1. The molecule has 32 heavy (non-hydrogen) atoms. The monoisotopic (exact) mass is 441 g/mol. The molecule has 0 radical (unpaired) electrons. The van der Waals surface area contributed by atoms with E-state index < -0.39 is 11.8 Å². The van der Waals surface area contributed by atoms with Crippen LogP contribution in [0.2, 0.25) is 0 Å². The van der Waals surface area contributed by atoms with Gasteiger partial charge >= 0.3 is 11.8 Å². The molecule has 0 aromatic carbocycles. The molecular weight excluding hydrogens is 406 g/mol. The lowest BCUT2D eigenvalue weighted by molar-refractivity contribution is -0.136. The molecule has 1 unspecified atom stereocenters. The zero-order valence-corrected chi connectivity index (χ0v) is 19.8. The second-order valence-corrected chi connectivity index (χ2v) is 9.64. The van der Waals surface area contributed by atoms with Crippen LogP contribution < -0.4 is 10.6 Å². The maximum absolute atomic E-state index is 12.6. The third-order valence-electron chi connectivity index (χ3n) is 5.57. The zero-order valence-electron chi connectivity index (χ0n) is 19.8. The van der Waals surface area contributed by atoms with Crippen molar-refractivity contribution in [1.29, 1.82) is 0 Å². The Bertz CT molecular complexity index is 912. The number of nitrogens with one attached hydrogen (secondary N) is 2. The molecule has 1 aliphatic rings. The minimum absolute atomic E-state index is 0.222. The quantitative estimate of drug-likeness (QED) is 0.660. The second-order valence-electron chi connectivity index (χ2n) is 9.64. The molecule has 2 aromatic rings. The Hall–Kier alpha value is -2.78. The van der Waals surface area contributed by atoms with Gasteiger partial charge < -0.3 is 20.4 Å². The summed E-state index contributed by atoms with van der Waals surface area (Å²) in [4.78, 5) is 34.1. The van der Waals surface area contributed by atoms with Crippen molar-refractivity contribution >= 4 is 17.6 Å². The van der Waals surface area contributed by atoms with Gasteiger partial charge in [-0.1, -0.05) is 33.8 Å². The molecule has 3 heterocycles. The van der Waals surface area contributed by atoms with Gasteiger partial charge in [0.2, 0.25) is 0 Å². The van der Waals surface area contributed by atoms with Gasteiger partial charge in [-0.2, -0.15) is 9.78 Å². The molecule has 1 aliphatic heterocycles.